The molecule has 0 aromatic carbocycles. The van der Waals surface area contributed by atoms with E-state index in [1.807, 2.05) is 13.8 Å². The van der Waals surface area contributed by atoms with Crippen LogP contribution in [0.15, 0.2) is 6.07 Å². The summed E-state index contributed by atoms with van der Waals surface area (Å²) in [6.45, 7) is 9.31. The van der Waals surface area contributed by atoms with Crippen LogP contribution in [-0.4, -0.2) is 54.8 Å². The first-order valence-electron chi connectivity index (χ1n) is 7.41. The maximum Gasteiger partial charge on any atom is 0.270 e. The molecule has 1 fully saturated rings. The van der Waals surface area contributed by atoms with E-state index >= 15 is 0 Å². The van der Waals surface area contributed by atoms with E-state index in [9.17, 15) is 4.79 Å². The van der Waals surface area contributed by atoms with E-state index in [1.54, 1.807) is 6.07 Å². The monoisotopic (exact) mass is 293 g/mol. The second-order valence-corrected chi connectivity index (χ2v) is 4.94. The van der Waals surface area contributed by atoms with Crippen LogP contribution in [-0.2, 0) is 4.74 Å². The van der Waals surface area contributed by atoms with Crippen molar-refractivity contribution in [3.05, 3.63) is 11.8 Å². The Kier molecular flexibility index (Phi) is 5.32. The van der Waals surface area contributed by atoms with Gasteiger partial charge in [0, 0.05) is 25.7 Å². The Balaban J connectivity index is 2.32. The maximum atomic E-state index is 12.0. The Morgan fingerprint density at radius 1 is 1.43 bits per heavy atom. The highest BCUT2D eigenvalue weighted by Gasteiger charge is 2.22. The van der Waals surface area contributed by atoms with Gasteiger partial charge in [-0.3, -0.25) is 4.79 Å². The van der Waals surface area contributed by atoms with E-state index in [1.165, 1.54) is 0 Å². The third-order valence-electron chi connectivity index (χ3n) is 3.28. The van der Waals surface area contributed by atoms with Crippen LogP contribution in [0.4, 0.5) is 11.8 Å². The number of anilines is 2. The predicted molar refractivity (Wildman–Crippen MR) is 81.8 cm³/mol. The van der Waals surface area contributed by atoms with Crippen LogP contribution in [0.1, 0.15) is 31.3 Å². The van der Waals surface area contributed by atoms with Crippen molar-refractivity contribution in [3.8, 4) is 0 Å². The smallest absolute Gasteiger partial charge is 0.270 e. The second kappa shape index (κ2) is 7.21. The molecule has 0 saturated carbocycles. The SMILES string of the molecule is CCNC(=O)c1cc(N2CCOC[C@H]2C)nc(NCC)n1. The van der Waals surface area contributed by atoms with Crippen molar-refractivity contribution in [3.63, 3.8) is 0 Å². The molecule has 116 valence electrons. The average molecular weight is 293 g/mol. The van der Waals surface area contributed by atoms with Gasteiger partial charge in [0.1, 0.15) is 11.5 Å². The van der Waals surface area contributed by atoms with Gasteiger partial charge >= 0.3 is 0 Å². The Morgan fingerprint density at radius 3 is 2.90 bits per heavy atom. The summed E-state index contributed by atoms with van der Waals surface area (Å²) >= 11 is 0. The summed E-state index contributed by atoms with van der Waals surface area (Å²) in [5, 5.41) is 5.85. The number of carbonyl (C=O) groups is 1. The van der Waals surface area contributed by atoms with E-state index in [0.717, 1.165) is 12.4 Å². The molecule has 1 aromatic heterocycles. The third-order valence-corrected chi connectivity index (χ3v) is 3.28. The number of rotatable bonds is 5. The van der Waals surface area contributed by atoms with E-state index in [4.69, 9.17) is 4.74 Å². The fourth-order valence-corrected chi connectivity index (χ4v) is 2.25. The van der Waals surface area contributed by atoms with Crippen molar-refractivity contribution in [2.24, 2.45) is 0 Å². The van der Waals surface area contributed by atoms with Crippen LogP contribution < -0.4 is 15.5 Å². The lowest BCUT2D eigenvalue weighted by Gasteiger charge is -2.34. The molecule has 0 aliphatic carbocycles. The minimum atomic E-state index is -0.179. The quantitative estimate of drug-likeness (QED) is 0.839. The number of amides is 1. The minimum absolute atomic E-state index is 0.179. The van der Waals surface area contributed by atoms with Crippen molar-refractivity contribution in [1.29, 1.82) is 0 Å². The molecule has 7 nitrogen and oxygen atoms in total. The Morgan fingerprint density at radius 2 is 2.24 bits per heavy atom. The number of hydrogen-bond donors (Lipinski definition) is 2. The molecule has 0 bridgehead atoms. The second-order valence-electron chi connectivity index (χ2n) is 4.94. The zero-order valence-electron chi connectivity index (χ0n) is 12.8. The third kappa shape index (κ3) is 3.81. The molecule has 1 aromatic rings. The average Bonchev–Trinajstić information content (AvgIpc) is 2.48. The molecule has 1 aliphatic rings. The molecule has 2 heterocycles. The van der Waals surface area contributed by atoms with E-state index in [-0.39, 0.29) is 11.9 Å². The van der Waals surface area contributed by atoms with Gasteiger partial charge < -0.3 is 20.3 Å². The summed E-state index contributed by atoms with van der Waals surface area (Å²) in [7, 11) is 0. The zero-order chi connectivity index (χ0) is 15.2. The van der Waals surface area contributed by atoms with Crippen LogP contribution in [0.5, 0.6) is 0 Å². The molecule has 7 heteroatoms. The fourth-order valence-electron chi connectivity index (χ4n) is 2.25. The van der Waals surface area contributed by atoms with Crippen LogP contribution >= 0.6 is 0 Å². The number of aromatic nitrogens is 2. The van der Waals surface area contributed by atoms with Gasteiger partial charge in [0.2, 0.25) is 5.95 Å². The summed E-state index contributed by atoms with van der Waals surface area (Å²) in [5.41, 5.74) is 0.386. The maximum absolute atomic E-state index is 12.0. The van der Waals surface area contributed by atoms with Gasteiger partial charge in [0.15, 0.2) is 0 Å². The number of hydrogen-bond acceptors (Lipinski definition) is 6. The lowest BCUT2D eigenvalue weighted by Crippen LogP contribution is -2.44. The van der Waals surface area contributed by atoms with E-state index < -0.39 is 0 Å². The van der Waals surface area contributed by atoms with Crippen molar-refractivity contribution in [2.45, 2.75) is 26.8 Å². The lowest BCUT2D eigenvalue weighted by molar-refractivity contribution is 0.0949. The van der Waals surface area contributed by atoms with Crippen molar-refractivity contribution < 1.29 is 9.53 Å². The van der Waals surface area contributed by atoms with Crippen molar-refractivity contribution >= 4 is 17.7 Å². The molecule has 2 N–H and O–H groups in total. The molecule has 0 radical (unpaired) electrons. The molecular weight excluding hydrogens is 270 g/mol. The molecule has 0 unspecified atom stereocenters. The van der Waals surface area contributed by atoms with Crippen molar-refractivity contribution in [2.75, 3.05) is 43.1 Å². The molecule has 1 amide bonds. The summed E-state index contributed by atoms with van der Waals surface area (Å²) in [6, 6.07) is 1.97. The number of ether oxygens (including phenoxy) is 1. The highest BCUT2D eigenvalue weighted by atomic mass is 16.5. The molecule has 21 heavy (non-hydrogen) atoms. The molecule has 2 rings (SSSR count). The predicted octanol–water partition coefficient (Wildman–Crippen LogP) is 0.883. The van der Waals surface area contributed by atoms with Gasteiger partial charge in [-0.2, -0.15) is 4.98 Å². The normalized spacial score (nSPS) is 18.4. The highest BCUT2D eigenvalue weighted by Crippen LogP contribution is 2.20. The fraction of sp³-hybridized carbons (Fsp3) is 0.643. The summed E-state index contributed by atoms with van der Waals surface area (Å²) in [4.78, 5) is 23.0. The molecule has 1 aliphatic heterocycles. The number of nitrogens with one attached hydrogen (secondary N) is 2. The van der Waals surface area contributed by atoms with E-state index in [2.05, 4.69) is 32.4 Å². The summed E-state index contributed by atoms with van der Waals surface area (Å²) in [5.74, 6) is 1.06. The molecule has 1 atom stereocenters. The molecular formula is C14H23N5O2. The van der Waals surface area contributed by atoms with Crippen LogP contribution in [0, 0.1) is 0 Å². The Bertz CT molecular complexity index is 494. The molecule has 0 spiro atoms. The first kappa shape index (κ1) is 15.5. The van der Waals surface area contributed by atoms with Gasteiger partial charge in [-0.15, -0.1) is 0 Å². The van der Waals surface area contributed by atoms with Gasteiger partial charge in [-0.05, 0) is 20.8 Å². The van der Waals surface area contributed by atoms with Gasteiger partial charge in [0.05, 0.1) is 19.3 Å². The Labute approximate surface area is 125 Å². The number of nitrogens with zero attached hydrogens (tertiary/aromatic N) is 3. The first-order chi connectivity index (χ1) is 10.2. The lowest BCUT2D eigenvalue weighted by atomic mass is 10.2. The van der Waals surface area contributed by atoms with Crippen molar-refractivity contribution in [1.82, 2.24) is 15.3 Å². The van der Waals surface area contributed by atoms with Gasteiger partial charge in [-0.1, -0.05) is 0 Å². The standard InChI is InChI=1S/C14H23N5O2/c1-4-15-13(20)11-8-12(18-14(17-11)16-5-2)19-6-7-21-9-10(19)3/h8,10H,4-7,9H2,1-3H3,(H,15,20)(H,16,17,18)/t10-/m1/s1. The van der Waals surface area contributed by atoms with Gasteiger partial charge in [0.25, 0.3) is 5.91 Å². The largest absolute Gasteiger partial charge is 0.377 e. The summed E-state index contributed by atoms with van der Waals surface area (Å²) < 4.78 is 5.45. The van der Waals surface area contributed by atoms with Crippen LogP contribution in [0.2, 0.25) is 0 Å². The molecule has 1 saturated heterocycles. The topological polar surface area (TPSA) is 79.4 Å². The zero-order valence-corrected chi connectivity index (χ0v) is 12.8. The number of carbonyl (C=O) groups excluding carboxylic acids is 1. The van der Waals surface area contributed by atoms with Gasteiger partial charge in [-0.25, -0.2) is 4.98 Å². The van der Waals surface area contributed by atoms with Crippen LogP contribution in [0.25, 0.3) is 0 Å². The number of morpholine rings is 1. The Hall–Kier alpha value is -1.89. The minimum Gasteiger partial charge on any atom is -0.377 e. The van der Waals surface area contributed by atoms with Crippen LogP contribution in [0.3, 0.4) is 0 Å². The summed E-state index contributed by atoms with van der Waals surface area (Å²) in [6.07, 6.45) is 0. The highest BCUT2D eigenvalue weighted by molar-refractivity contribution is 5.93. The van der Waals surface area contributed by atoms with E-state index in [0.29, 0.717) is 37.9 Å². The first-order valence-corrected chi connectivity index (χ1v) is 7.41.